The minimum atomic E-state index is -0.493. The summed E-state index contributed by atoms with van der Waals surface area (Å²) in [5, 5.41) is 9.54. The van der Waals surface area contributed by atoms with Crippen LogP contribution in [0.4, 0.5) is 10.1 Å². The van der Waals surface area contributed by atoms with Gasteiger partial charge < -0.3 is 10.2 Å². The molecule has 148 valence electrons. The molecule has 1 aromatic heterocycles. The number of carbonyl (C=O) groups excluding carboxylic acids is 2. The van der Waals surface area contributed by atoms with Crippen molar-refractivity contribution in [3.63, 3.8) is 0 Å². The average molecular weight is 392 g/mol. The number of hydrogen-bond donors (Lipinski definition) is 2. The molecule has 3 aromatic rings. The van der Waals surface area contributed by atoms with E-state index in [2.05, 4.69) is 15.5 Å². The first-order valence-corrected chi connectivity index (χ1v) is 9.57. The fraction of sp³-hybridized carbons (Fsp3) is 0.227. The maximum absolute atomic E-state index is 13.7. The van der Waals surface area contributed by atoms with Crippen LogP contribution < -0.4 is 5.32 Å². The van der Waals surface area contributed by atoms with Gasteiger partial charge in [-0.15, -0.1) is 0 Å². The summed E-state index contributed by atoms with van der Waals surface area (Å²) >= 11 is 0. The molecule has 0 saturated carbocycles. The number of H-pyrrole nitrogens is 1. The molecular formula is C22H21FN4O2. The monoisotopic (exact) mass is 392 g/mol. The van der Waals surface area contributed by atoms with E-state index < -0.39 is 11.7 Å². The average Bonchev–Trinajstić information content (AvgIpc) is 3.26. The van der Waals surface area contributed by atoms with E-state index in [0.717, 1.165) is 18.5 Å². The predicted octanol–water partition coefficient (Wildman–Crippen LogP) is 3.82. The molecule has 0 radical (unpaired) electrons. The fourth-order valence-electron chi connectivity index (χ4n) is 3.57. The van der Waals surface area contributed by atoms with E-state index in [0.29, 0.717) is 18.7 Å². The van der Waals surface area contributed by atoms with Crippen LogP contribution in [0, 0.1) is 5.82 Å². The number of amides is 2. The second kappa shape index (κ2) is 8.26. The first-order valence-electron chi connectivity index (χ1n) is 9.57. The molecule has 6 nitrogen and oxygen atoms in total. The molecular weight excluding hydrogens is 371 g/mol. The SMILES string of the molecule is O=C(Nc1ccccc1F)c1cc(C2CCN(C(=O)c3ccccc3)CC2)[nH]n1. The van der Waals surface area contributed by atoms with Crippen LogP contribution in [0.1, 0.15) is 45.3 Å². The molecule has 1 aliphatic rings. The van der Waals surface area contributed by atoms with Crippen LogP contribution in [-0.2, 0) is 0 Å². The lowest BCUT2D eigenvalue weighted by atomic mass is 9.93. The molecule has 2 amide bonds. The van der Waals surface area contributed by atoms with Gasteiger partial charge in [0.1, 0.15) is 5.82 Å². The van der Waals surface area contributed by atoms with Crippen molar-refractivity contribution in [1.82, 2.24) is 15.1 Å². The summed E-state index contributed by atoms with van der Waals surface area (Å²) in [5.41, 5.74) is 1.89. The van der Waals surface area contributed by atoms with Crippen molar-refractivity contribution in [1.29, 1.82) is 0 Å². The van der Waals surface area contributed by atoms with Gasteiger partial charge in [-0.2, -0.15) is 5.10 Å². The highest BCUT2D eigenvalue weighted by Crippen LogP contribution is 2.28. The van der Waals surface area contributed by atoms with E-state index in [1.54, 1.807) is 18.2 Å². The van der Waals surface area contributed by atoms with Gasteiger partial charge in [-0.05, 0) is 43.2 Å². The zero-order chi connectivity index (χ0) is 20.2. The molecule has 2 aromatic carbocycles. The van der Waals surface area contributed by atoms with E-state index in [1.807, 2.05) is 35.2 Å². The number of rotatable bonds is 4. The largest absolute Gasteiger partial charge is 0.339 e. The quantitative estimate of drug-likeness (QED) is 0.709. The number of hydrogen-bond acceptors (Lipinski definition) is 3. The van der Waals surface area contributed by atoms with Crippen LogP contribution in [0.15, 0.2) is 60.7 Å². The van der Waals surface area contributed by atoms with Crippen LogP contribution in [0.3, 0.4) is 0 Å². The Morgan fingerprint density at radius 3 is 2.45 bits per heavy atom. The van der Waals surface area contributed by atoms with Crippen LogP contribution >= 0.6 is 0 Å². The second-order valence-corrected chi connectivity index (χ2v) is 7.07. The Bertz CT molecular complexity index is 1010. The number of piperidine rings is 1. The maximum atomic E-state index is 13.7. The molecule has 0 spiro atoms. The number of para-hydroxylation sites is 1. The minimum Gasteiger partial charge on any atom is -0.339 e. The van der Waals surface area contributed by atoms with E-state index in [9.17, 15) is 14.0 Å². The molecule has 2 N–H and O–H groups in total. The lowest BCUT2D eigenvalue weighted by molar-refractivity contribution is 0.0712. The van der Waals surface area contributed by atoms with Gasteiger partial charge in [0, 0.05) is 30.3 Å². The van der Waals surface area contributed by atoms with E-state index >= 15 is 0 Å². The molecule has 1 aliphatic heterocycles. The zero-order valence-electron chi connectivity index (χ0n) is 15.8. The van der Waals surface area contributed by atoms with E-state index in [4.69, 9.17) is 0 Å². The molecule has 29 heavy (non-hydrogen) atoms. The Balaban J connectivity index is 1.36. The maximum Gasteiger partial charge on any atom is 0.276 e. The second-order valence-electron chi connectivity index (χ2n) is 7.07. The Morgan fingerprint density at radius 1 is 1.03 bits per heavy atom. The smallest absolute Gasteiger partial charge is 0.276 e. The van der Waals surface area contributed by atoms with Crippen LogP contribution in [-0.4, -0.2) is 40.0 Å². The third-order valence-corrected chi connectivity index (χ3v) is 5.20. The summed E-state index contributed by atoms with van der Waals surface area (Å²) in [6, 6.07) is 17.0. The first-order chi connectivity index (χ1) is 14.1. The van der Waals surface area contributed by atoms with Gasteiger partial charge in [-0.3, -0.25) is 14.7 Å². The van der Waals surface area contributed by atoms with Gasteiger partial charge in [0.25, 0.3) is 11.8 Å². The number of anilines is 1. The molecule has 4 rings (SSSR count). The van der Waals surface area contributed by atoms with Crippen molar-refractivity contribution in [2.75, 3.05) is 18.4 Å². The predicted molar refractivity (Wildman–Crippen MR) is 107 cm³/mol. The van der Waals surface area contributed by atoms with Gasteiger partial charge >= 0.3 is 0 Å². The summed E-state index contributed by atoms with van der Waals surface area (Å²) in [5.74, 6) is -0.725. The number of likely N-dealkylation sites (tertiary alicyclic amines) is 1. The van der Waals surface area contributed by atoms with Gasteiger partial charge in [-0.1, -0.05) is 30.3 Å². The molecule has 1 fully saturated rings. The van der Waals surface area contributed by atoms with Crippen LogP contribution in [0.5, 0.6) is 0 Å². The number of aromatic amines is 1. The Kier molecular flexibility index (Phi) is 5.37. The number of carbonyl (C=O) groups is 2. The molecule has 1 saturated heterocycles. The minimum absolute atomic E-state index is 0.0404. The summed E-state index contributed by atoms with van der Waals surface area (Å²) < 4.78 is 13.7. The Hall–Kier alpha value is -3.48. The lowest BCUT2D eigenvalue weighted by Crippen LogP contribution is -2.37. The van der Waals surface area contributed by atoms with Crippen molar-refractivity contribution in [3.8, 4) is 0 Å². The summed E-state index contributed by atoms with van der Waals surface area (Å²) in [4.78, 5) is 26.8. The van der Waals surface area contributed by atoms with Gasteiger partial charge in [0.2, 0.25) is 0 Å². The van der Waals surface area contributed by atoms with Crippen molar-refractivity contribution in [2.45, 2.75) is 18.8 Å². The topological polar surface area (TPSA) is 78.1 Å². The number of benzene rings is 2. The summed E-state index contributed by atoms with van der Waals surface area (Å²) in [6.45, 7) is 1.29. The van der Waals surface area contributed by atoms with E-state index in [1.165, 1.54) is 12.1 Å². The molecule has 0 atom stereocenters. The number of nitrogens with one attached hydrogen (secondary N) is 2. The summed E-state index contributed by atoms with van der Waals surface area (Å²) in [6.07, 6.45) is 1.57. The number of aromatic nitrogens is 2. The highest BCUT2D eigenvalue weighted by atomic mass is 19.1. The third-order valence-electron chi connectivity index (χ3n) is 5.20. The number of halogens is 1. The van der Waals surface area contributed by atoms with Gasteiger partial charge in [-0.25, -0.2) is 4.39 Å². The lowest BCUT2D eigenvalue weighted by Gasteiger charge is -2.31. The van der Waals surface area contributed by atoms with Crippen LogP contribution in [0.25, 0.3) is 0 Å². The highest BCUT2D eigenvalue weighted by molar-refractivity contribution is 6.03. The van der Waals surface area contributed by atoms with Crippen molar-refractivity contribution >= 4 is 17.5 Å². The Morgan fingerprint density at radius 2 is 1.72 bits per heavy atom. The molecule has 7 heteroatoms. The fourth-order valence-corrected chi connectivity index (χ4v) is 3.57. The molecule has 0 bridgehead atoms. The first kappa shape index (κ1) is 18.9. The third kappa shape index (κ3) is 4.18. The van der Waals surface area contributed by atoms with Crippen molar-refractivity contribution in [3.05, 3.63) is 83.4 Å². The highest BCUT2D eigenvalue weighted by Gasteiger charge is 2.26. The van der Waals surface area contributed by atoms with E-state index in [-0.39, 0.29) is 23.2 Å². The zero-order valence-corrected chi connectivity index (χ0v) is 15.8. The van der Waals surface area contributed by atoms with Crippen molar-refractivity contribution < 1.29 is 14.0 Å². The molecule has 0 unspecified atom stereocenters. The number of nitrogens with zero attached hydrogens (tertiary/aromatic N) is 2. The molecule has 0 aliphatic carbocycles. The van der Waals surface area contributed by atoms with Crippen molar-refractivity contribution in [2.24, 2.45) is 0 Å². The standard InChI is InChI=1S/C22H21FN4O2/c23-17-8-4-5-9-18(17)24-21(28)20-14-19(25-26-20)15-10-12-27(13-11-15)22(29)16-6-2-1-3-7-16/h1-9,14-15H,10-13H2,(H,24,28)(H,25,26). The van der Waals surface area contributed by atoms with Crippen LogP contribution in [0.2, 0.25) is 0 Å². The Labute approximate surface area is 167 Å². The van der Waals surface area contributed by atoms with Gasteiger partial charge in [0.15, 0.2) is 5.69 Å². The molecule has 2 heterocycles. The summed E-state index contributed by atoms with van der Waals surface area (Å²) in [7, 11) is 0. The van der Waals surface area contributed by atoms with Gasteiger partial charge in [0.05, 0.1) is 5.69 Å². The normalized spacial score (nSPS) is 14.6.